The lowest BCUT2D eigenvalue weighted by Crippen LogP contribution is -2.25. The van der Waals surface area contributed by atoms with Gasteiger partial charge in [0.2, 0.25) is 0 Å². The summed E-state index contributed by atoms with van der Waals surface area (Å²) in [5.74, 6) is -0.0699. The number of aromatic nitrogens is 1. The summed E-state index contributed by atoms with van der Waals surface area (Å²) in [7, 11) is 2.08. The molecule has 3 nitrogen and oxygen atoms in total. The number of amides is 1. The van der Waals surface area contributed by atoms with Gasteiger partial charge in [-0.2, -0.15) is 0 Å². The second-order valence-electron chi connectivity index (χ2n) is 5.65. The van der Waals surface area contributed by atoms with Gasteiger partial charge < -0.3 is 9.88 Å². The minimum atomic E-state index is -0.0699. The molecule has 0 bridgehead atoms. The molecule has 3 aromatic rings. The number of carbonyl (C=O) groups is 1. The van der Waals surface area contributed by atoms with Crippen molar-refractivity contribution in [2.75, 3.05) is 6.54 Å². The maximum atomic E-state index is 12.1. The fourth-order valence-corrected chi connectivity index (χ4v) is 3.05. The Morgan fingerprint density at radius 3 is 2.57 bits per heavy atom. The van der Waals surface area contributed by atoms with Crippen molar-refractivity contribution in [1.29, 1.82) is 0 Å². The van der Waals surface area contributed by atoms with E-state index in [1.165, 1.54) is 22.2 Å². The van der Waals surface area contributed by atoms with Gasteiger partial charge in [-0.3, -0.25) is 4.79 Å². The average molecular weight is 327 g/mol. The highest BCUT2D eigenvalue weighted by atomic mass is 35.5. The first-order chi connectivity index (χ1) is 11.1. The molecule has 4 heteroatoms. The number of carbonyl (C=O) groups excluding carboxylic acids is 1. The van der Waals surface area contributed by atoms with Crippen molar-refractivity contribution in [3.05, 3.63) is 70.4 Å². The van der Waals surface area contributed by atoms with E-state index >= 15 is 0 Å². The molecule has 1 amide bonds. The number of hydrogen-bond acceptors (Lipinski definition) is 1. The highest BCUT2D eigenvalue weighted by Gasteiger charge is 2.11. The first kappa shape index (κ1) is 15.6. The van der Waals surface area contributed by atoms with E-state index in [4.69, 9.17) is 11.6 Å². The zero-order valence-corrected chi connectivity index (χ0v) is 14.0. The third kappa shape index (κ3) is 3.10. The van der Waals surface area contributed by atoms with Crippen LogP contribution < -0.4 is 5.32 Å². The zero-order chi connectivity index (χ0) is 16.4. The third-order valence-electron chi connectivity index (χ3n) is 4.30. The molecule has 0 saturated heterocycles. The molecule has 0 radical (unpaired) electrons. The number of rotatable bonds is 4. The second-order valence-corrected chi connectivity index (χ2v) is 6.09. The van der Waals surface area contributed by atoms with Crippen molar-refractivity contribution in [1.82, 2.24) is 9.88 Å². The van der Waals surface area contributed by atoms with Crippen molar-refractivity contribution >= 4 is 28.4 Å². The van der Waals surface area contributed by atoms with Gasteiger partial charge in [0.05, 0.1) is 0 Å². The Morgan fingerprint density at radius 2 is 1.83 bits per heavy atom. The topological polar surface area (TPSA) is 34.0 Å². The molecule has 0 aliphatic rings. The number of fused-ring (bicyclic) bond motifs is 1. The number of halogens is 1. The van der Waals surface area contributed by atoms with Gasteiger partial charge in [0.25, 0.3) is 5.91 Å². The lowest BCUT2D eigenvalue weighted by molar-refractivity contribution is 0.0954. The van der Waals surface area contributed by atoms with E-state index < -0.39 is 0 Å². The van der Waals surface area contributed by atoms with Crippen molar-refractivity contribution in [2.24, 2.45) is 7.05 Å². The Balaban J connectivity index is 1.71. The van der Waals surface area contributed by atoms with Crippen LogP contribution in [-0.4, -0.2) is 17.0 Å². The predicted molar refractivity (Wildman–Crippen MR) is 95.1 cm³/mol. The molecule has 1 aromatic heterocycles. The molecule has 118 valence electrons. The van der Waals surface area contributed by atoms with Gasteiger partial charge in [0, 0.05) is 40.8 Å². The van der Waals surface area contributed by atoms with E-state index in [9.17, 15) is 4.79 Å². The number of nitrogens with one attached hydrogen (secondary N) is 1. The van der Waals surface area contributed by atoms with Gasteiger partial charge in [-0.25, -0.2) is 0 Å². The molecule has 0 atom stereocenters. The van der Waals surface area contributed by atoms with E-state index in [2.05, 4.69) is 42.1 Å². The lowest BCUT2D eigenvalue weighted by atomic mass is 10.1. The number of nitrogens with zero attached hydrogens (tertiary/aromatic N) is 1. The molecule has 2 aromatic carbocycles. The van der Waals surface area contributed by atoms with Crippen LogP contribution in [0.1, 0.15) is 21.6 Å². The van der Waals surface area contributed by atoms with E-state index in [0.717, 1.165) is 6.42 Å². The van der Waals surface area contributed by atoms with Crippen LogP contribution in [0.25, 0.3) is 10.9 Å². The molecule has 0 saturated carbocycles. The van der Waals surface area contributed by atoms with Gasteiger partial charge in [-0.15, -0.1) is 0 Å². The molecular formula is C19H19ClN2O. The number of para-hydroxylation sites is 1. The van der Waals surface area contributed by atoms with Crippen LogP contribution >= 0.6 is 11.6 Å². The minimum absolute atomic E-state index is 0.0699. The fourth-order valence-electron chi connectivity index (χ4n) is 2.92. The van der Waals surface area contributed by atoms with Crippen molar-refractivity contribution in [2.45, 2.75) is 13.3 Å². The van der Waals surface area contributed by atoms with E-state index in [0.29, 0.717) is 17.1 Å². The quantitative estimate of drug-likeness (QED) is 0.769. The Kier molecular flexibility index (Phi) is 4.39. The van der Waals surface area contributed by atoms with Crippen LogP contribution in [0.2, 0.25) is 5.02 Å². The normalized spacial score (nSPS) is 10.9. The van der Waals surface area contributed by atoms with Crippen molar-refractivity contribution in [3.63, 3.8) is 0 Å². The SMILES string of the molecule is Cc1c(CCNC(=O)c2ccc(Cl)cc2)c2ccccc2n1C. The van der Waals surface area contributed by atoms with Gasteiger partial charge >= 0.3 is 0 Å². The van der Waals surface area contributed by atoms with E-state index in [1.54, 1.807) is 24.3 Å². The highest BCUT2D eigenvalue weighted by Crippen LogP contribution is 2.24. The summed E-state index contributed by atoms with van der Waals surface area (Å²) in [6.07, 6.45) is 0.812. The monoisotopic (exact) mass is 326 g/mol. The molecule has 0 aliphatic carbocycles. The van der Waals surface area contributed by atoms with Crippen LogP contribution in [0.4, 0.5) is 0 Å². The summed E-state index contributed by atoms with van der Waals surface area (Å²) in [5.41, 5.74) is 4.39. The number of aryl methyl sites for hydroxylation is 1. The molecule has 1 heterocycles. The van der Waals surface area contributed by atoms with Gasteiger partial charge in [-0.05, 0) is 49.2 Å². The predicted octanol–water partition coefficient (Wildman–Crippen LogP) is 4.11. The lowest BCUT2D eigenvalue weighted by Gasteiger charge is -2.06. The summed E-state index contributed by atoms with van der Waals surface area (Å²) >= 11 is 5.84. The largest absolute Gasteiger partial charge is 0.352 e. The van der Waals surface area contributed by atoms with E-state index in [1.807, 2.05) is 6.07 Å². The average Bonchev–Trinajstić information content (AvgIpc) is 2.81. The van der Waals surface area contributed by atoms with Crippen LogP contribution in [0.3, 0.4) is 0 Å². The number of hydrogen-bond donors (Lipinski definition) is 1. The Labute approximate surface area is 140 Å². The first-order valence-corrected chi connectivity index (χ1v) is 8.02. The van der Waals surface area contributed by atoms with Crippen LogP contribution in [0.5, 0.6) is 0 Å². The molecule has 0 fully saturated rings. The summed E-state index contributed by atoms with van der Waals surface area (Å²) in [4.78, 5) is 12.1. The van der Waals surface area contributed by atoms with Crippen LogP contribution in [0.15, 0.2) is 48.5 Å². The van der Waals surface area contributed by atoms with E-state index in [-0.39, 0.29) is 5.91 Å². The molecule has 0 unspecified atom stereocenters. The molecule has 0 aliphatic heterocycles. The summed E-state index contributed by atoms with van der Waals surface area (Å²) in [5, 5.41) is 4.87. The molecule has 23 heavy (non-hydrogen) atoms. The Hall–Kier alpha value is -2.26. The standard InChI is InChI=1S/C19H19ClN2O/c1-13-16(17-5-3-4-6-18(17)22(13)2)11-12-21-19(23)14-7-9-15(20)10-8-14/h3-10H,11-12H2,1-2H3,(H,21,23). The summed E-state index contributed by atoms with van der Waals surface area (Å²) < 4.78 is 2.20. The first-order valence-electron chi connectivity index (χ1n) is 7.64. The molecule has 0 spiro atoms. The fraction of sp³-hybridized carbons (Fsp3) is 0.211. The maximum absolute atomic E-state index is 12.1. The second kappa shape index (κ2) is 6.47. The molecule has 3 rings (SSSR count). The zero-order valence-electron chi connectivity index (χ0n) is 13.3. The van der Waals surface area contributed by atoms with Gasteiger partial charge in [0.15, 0.2) is 0 Å². The number of benzene rings is 2. The Morgan fingerprint density at radius 1 is 1.13 bits per heavy atom. The van der Waals surface area contributed by atoms with Crippen molar-refractivity contribution < 1.29 is 4.79 Å². The summed E-state index contributed by atoms with van der Waals surface area (Å²) in [6.45, 7) is 2.73. The minimum Gasteiger partial charge on any atom is -0.352 e. The van der Waals surface area contributed by atoms with Gasteiger partial charge in [0.1, 0.15) is 0 Å². The third-order valence-corrected chi connectivity index (χ3v) is 4.55. The van der Waals surface area contributed by atoms with Crippen molar-refractivity contribution in [3.8, 4) is 0 Å². The maximum Gasteiger partial charge on any atom is 0.251 e. The summed E-state index contributed by atoms with van der Waals surface area (Å²) in [6, 6.07) is 15.3. The highest BCUT2D eigenvalue weighted by molar-refractivity contribution is 6.30. The van der Waals surface area contributed by atoms with Crippen LogP contribution in [0, 0.1) is 6.92 Å². The molecule has 1 N–H and O–H groups in total. The Bertz CT molecular complexity index is 850. The van der Waals surface area contributed by atoms with Gasteiger partial charge in [-0.1, -0.05) is 29.8 Å². The smallest absolute Gasteiger partial charge is 0.251 e. The molecular weight excluding hydrogens is 308 g/mol. The van der Waals surface area contributed by atoms with Crippen LogP contribution in [-0.2, 0) is 13.5 Å².